The Morgan fingerprint density at radius 2 is 1.92 bits per heavy atom. The molecule has 0 saturated heterocycles. The third-order valence-electron chi connectivity index (χ3n) is 3.59. The van der Waals surface area contributed by atoms with Crippen LogP contribution in [0.1, 0.15) is 11.3 Å². The van der Waals surface area contributed by atoms with E-state index >= 15 is 0 Å². The van der Waals surface area contributed by atoms with Gasteiger partial charge in [0.15, 0.2) is 0 Å². The van der Waals surface area contributed by atoms with Crippen LogP contribution in [0.4, 0.5) is 0 Å². The number of hydrogen-bond donors (Lipinski definition) is 1. The number of para-hydroxylation sites is 1. The summed E-state index contributed by atoms with van der Waals surface area (Å²) < 4.78 is 11.0. The molecule has 0 aliphatic rings. The number of benzene rings is 2. The third-order valence-corrected chi connectivity index (χ3v) is 4.41. The molecule has 0 saturated carbocycles. The number of nitrogens with zero attached hydrogens (tertiary/aromatic N) is 1. The Morgan fingerprint density at radius 3 is 2.76 bits per heavy atom. The van der Waals surface area contributed by atoms with Crippen LogP contribution in [0.25, 0.3) is 11.3 Å². The first kappa shape index (κ1) is 17.4. The lowest BCUT2D eigenvalue weighted by Gasteiger charge is -2.06. The molecule has 1 heterocycles. The first-order chi connectivity index (χ1) is 12.2. The van der Waals surface area contributed by atoms with Crippen molar-refractivity contribution >= 4 is 29.4 Å². The second kappa shape index (κ2) is 8.10. The van der Waals surface area contributed by atoms with Gasteiger partial charge in [0, 0.05) is 11.1 Å². The van der Waals surface area contributed by atoms with Gasteiger partial charge in [0.05, 0.1) is 29.9 Å². The van der Waals surface area contributed by atoms with E-state index in [-0.39, 0.29) is 0 Å². The van der Waals surface area contributed by atoms with Crippen molar-refractivity contribution in [3.63, 3.8) is 0 Å². The van der Waals surface area contributed by atoms with Crippen molar-refractivity contribution in [3.8, 4) is 17.1 Å². The Bertz CT molecular complexity index is 891. The molecule has 0 bridgehead atoms. The SMILES string of the molecule is COc1ccccc1CN/N=C/c1ccc(-c2cccc(Cl)c2Cl)o1. The minimum Gasteiger partial charge on any atom is -0.496 e. The summed E-state index contributed by atoms with van der Waals surface area (Å²) in [5.74, 6) is 2.07. The minimum atomic E-state index is 0.469. The van der Waals surface area contributed by atoms with E-state index in [0.717, 1.165) is 16.9 Å². The predicted molar refractivity (Wildman–Crippen MR) is 102 cm³/mol. The normalized spacial score (nSPS) is 11.0. The maximum absolute atomic E-state index is 6.21. The summed E-state index contributed by atoms with van der Waals surface area (Å²) in [5, 5.41) is 5.13. The Labute approximate surface area is 156 Å². The van der Waals surface area contributed by atoms with Gasteiger partial charge in [-0.05, 0) is 30.3 Å². The Balaban J connectivity index is 1.65. The van der Waals surface area contributed by atoms with Crippen molar-refractivity contribution in [2.75, 3.05) is 7.11 Å². The summed E-state index contributed by atoms with van der Waals surface area (Å²) in [6.45, 7) is 0.550. The lowest BCUT2D eigenvalue weighted by atomic mass is 10.2. The number of hydrogen-bond acceptors (Lipinski definition) is 4. The van der Waals surface area contributed by atoms with Crippen molar-refractivity contribution in [3.05, 3.63) is 76.0 Å². The number of methoxy groups -OCH3 is 1. The number of hydrazone groups is 1. The van der Waals surface area contributed by atoms with Crippen LogP contribution in [0.3, 0.4) is 0 Å². The lowest BCUT2D eigenvalue weighted by Crippen LogP contribution is -2.06. The first-order valence-corrected chi connectivity index (χ1v) is 8.36. The maximum Gasteiger partial charge on any atom is 0.147 e. The zero-order valence-electron chi connectivity index (χ0n) is 13.5. The molecular weight excluding hydrogens is 359 g/mol. The molecule has 0 radical (unpaired) electrons. The zero-order chi connectivity index (χ0) is 17.6. The molecule has 128 valence electrons. The molecule has 25 heavy (non-hydrogen) atoms. The van der Waals surface area contributed by atoms with Crippen LogP contribution in [0.15, 0.2) is 64.1 Å². The van der Waals surface area contributed by atoms with E-state index in [2.05, 4.69) is 10.5 Å². The number of furan rings is 1. The summed E-state index contributed by atoms with van der Waals surface area (Å²) in [5.41, 5.74) is 4.74. The molecule has 6 heteroatoms. The van der Waals surface area contributed by atoms with Gasteiger partial charge in [-0.3, -0.25) is 0 Å². The monoisotopic (exact) mass is 374 g/mol. The fourth-order valence-corrected chi connectivity index (χ4v) is 2.74. The van der Waals surface area contributed by atoms with E-state index in [1.54, 1.807) is 19.4 Å². The van der Waals surface area contributed by atoms with Crippen molar-refractivity contribution in [1.29, 1.82) is 0 Å². The number of ether oxygens (including phenoxy) is 1. The second-order valence-electron chi connectivity index (χ2n) is 5.21. The standard InChI is InChI=1S/C19H16Cl2N2O2/c1-24-17-8-3-2-5-13(17)11-22-23-12-14-9-10-18(25-14)15-6-4-7-16(20)19(15)21/h2-10,12,22H,11H2,1H3/b23-12+. The summed E-state index contributed by atoms with van der Waals surface area (Å²) >= 11 is 12.2. The highest BCUT2D eigenvalue weighted by Gasteiger charge is 2.10. The molecule has 3 rings (SSSR count). The Hall–Kier alpha value is -2.43. The summed E-state index contributed by atoms with van der Waals surface area (Å²) in [4.78, 5) is 0. The van der Waals surface area contributed by atoms with Gasteiger partial charge in [-0.2, -0.15) is 5.10 Å². The average molecular weight is 375 g/mol. The van der Waals surface area contributed by atoms with Crippen LogP contribution in [0, 0.1) is 0 Å². The van der Waals surface area contributed by atoms with Gasteiger partial charge in [-0.1, -0.05) is 47.5 Å². The summed E-state index contributed by atoms with van der Waals surface area (Å²) in [6, 6.07) is 16.8. The smallest absolute Gasteiger partial charge is 0.147 e. The molecule has 4 nitrogen and oxygen atoms in total. The van der Waals surface area contributed by atoms with Gasteiger partial charge in [-0.25, -0.2) is 0 Å². The number of nitrogens with one attached hydrogen (secondary N) is 1. The van der Waals surface area contributed by atoms with Crippen LogP contribution in [0.5, 0.6) is 5.75 Å². The third kappa shape index (κ3) is 4.16. The quantitative estimate of drug-likeness (QED) is 0.464. The second-order valence-corrected chi connectivity index (χ2v) is 5.99. The lowest BCUT2D eigenvalue weighted by molar-refractivity contribution is 0.408. The molecule has 1 N–H and O–H groups in total. The van der Waals surface area contributed by atoms with E-state index in [1.165, 1.54) is 0 Å². The van der Waals surface area contributed by atoms with Crippen LogP contribution >= 0.6 is 23.2 Å². The van der Waals surface area contributed by atoms with Crippen molar-refractivity contribution in [2.45, 2.75) is 6.54 Å². The Morgan fingerprint density at radius 1 is 1.08 bits per heavy atom. The van der Waals surface area contributed by atoms with Crippen LogP contribution < -0.4 is 10.2 Å². The van der Waals surface area contributed by atoms with Gasteiger partial charge >= 0.3 is 0 Å². The number of rotatable bonds is 6. The topological polar surface area (TPSA) is 46.8 Å². The molecule has 0 aliphatic heterocycles. The van der Waals surface area contributed by atoms with Crippen LogP contribution in [-0.4, -0.2) is 13.3 Å². The highest BCUT2D eigenvalue weighted by molar-refractivity contribution is 6.43. The van der Waals surface area contributed by atoms with Crippen LogP contribution in [0.2, 0.25) is 10.0 Å². The molecule has 0 unspecified atom stereocenters. The molecular formula is C19H16Cl2N2O2. The summed E-state index contributed by atoms with van der Waals surface area (Å²) in [7, 11) is 1.65. The largest absolute Gasteiger partial charge is 0.496 e. The molecule has 2 aromatic carbocycles. The van der Waals surface area contributed by atoms with Gasteiger partial charge in [-0.15, -0.1) is 0 Å². The van der Waals surface area contributed by atoms with Crippen LogP contribution in [-0.2, 0) is 6.54 Å². The van der Waals surface area contributed by atoms with Gasteiger partial charge in [0.25, 0.3) is 0 Å². The van der Waals surface area contributed by atoms with E-state index in [1.807, 2.05) is 48.5 Å². The molecule has 0 amide bonds. The van der Waals surface area contributed by atoms with E-state index in [9.17, 15) is 0 Å². The van der Waals surface area contributed by atoms with Gasteiger partial charge in [0.1, 0.15) is 17.3 Å². The molecule has 0 atom stereocenters. The van der Waals surface area contributed by atoms with Gasteiger partial charge < -0.3 is 14.6 Å². The van der Waals surface area contributed by atoms with E-state index in [0.29, 0.717) is 28.1 Å². The average Bonchev–Trinajstić information content (AvgIpc) is 3.10. The molecule has 0 aliphatic carbocycles. The van der Waals surface area contributed by atoms with E-state index in [4.69, 9.17) is 32.4 Å². The fraction of sp³-hybridized carbons (Fsp3) is 0.105. The summed E-state index contributed by atoms with van der Waals surface area (Å²) in [6.07, 6.45) is 1.61. The fourth-order valence-electron chi connectivity index (χ4n) is 2.35. The van der Waals surface area contributed by atoms with Gasteiger partial charge in [0.2, 0.25) is 0 Å². The zero-order valence-corrected chi connectivity index (χ0v) is 15.0. The molecule has 3 aromatic rings. The predicted octanol–water partition coefficient (Wildman–Crippen LogP) is 5.39. The van der Waals surface area contributed by atoms with Crippen molar-refractivity contribution in [1.82, 2.24) is 5.43 Å². The molecule has 1 aromatic heterocycles. The molecule has 0 spiro atoms. The van der Waals surface area contributed by atoms with Crippen molar-refractivity contribution in [2.24, 2.45) is 5.10 Å². The highest BCUT2D eigenvalue weighted by Crippen LogP contribution is 2.34. The molecule has 0 fully saturated rings. The van der Waals surface area contributed by atoms with E-state index < -0.39 is 0 Å². The Kier molecular flexibility index (Phi) is 5.64. The van der Waals surface area contributed by atoms with Crippen molar-refractivity contribution < 1.29 is 9.15 Å². The first-order valence-electron chi connectivity index (χ1n) is 7.61. The maximum atomic E-state index is 6.21. The minimum absolute atomic E-state index is 0.469. The number of halogens is 2. The highest BCUT2D eigenvalue weighted by atomic mass is 35.5.